The number of hydrogen-bond donors (Lipinski definition) is 0. The predicted molar refractivity (Wildman–Crippen MR) is 88.6 cm³/mol. The van der Waals surface area contributed by atoms with Crippen molar-refractivity contribution in [3.05, 3.63) is 12.7 Å². The van der Waals surface area contributed by atoms with Crippen LogP contribution in [-0.2, 0) is 18.3 Å². The lowest BCUT2D eigenvalue weighted by Crippen LogP contribution is -2.31. The van der Waals surface area contributed by atoms with Crippen LogP contribution in [0.5, 0.6) is 5.88 Å². The van der Waals surface area contributed by atoms with Crippen molar-refractivity contribution < 1.29 is 23.1 Å². The van der Waals surface area contributed by atoms with Crippen molar-refractivity contribution in [3.8, 4) is 5.88 Å². The molecule has 2 aliphatic rings. The molecule has 0 aromatic carbocycles. The maximum Gasteiger partial charge on any atom is 0.356 e. The highest BCUT2D eigenvalue weighted by Crippen LogP contribution is 2.56. The zero-order valence-corrected chi connectivity index (χ0v) is 15.1. The molecule has 4 atom stereocenters. The molecule has 25 heavy (non-hydrogen) atoms. The van der Waals surface area contributed by atoms with E-state index in [1.54, 1.807) is 13.3 Å². The summed E-state index contributed by atoms with van der Waals surface area (Å²) in [5, 5.41) is 0. The molecule has 3 heterocycles. The molecular weight excluding hydrogens is 347 g/mol. The van der Waals surface area contributed by atoms with Gasteiger partial charge < -0.3 is 23.1 Å². The maximum atomic E-state index is 12.5. The van der Waals surface area contributed by atoms with Gasteiger partial charge in [0.1, 0.15) is 12.7 Å². The fourth-order valence-electron chi connectivity index (χ4n) is 3.48. The number of nitrogens with zero attached hydrogens (tertiary/aromatic N) is 4. The Balaban J connectivity index is 1.57. The average molecular weight is 368 g/mol. The van der Waals surface area contributed by atoms with Gasteiger partial charge in [-0.05, 0) is 26.7 Å². The zero-order valence-electron chi connectivity index (χ0n) is 14.2. The van der Waals surface area contributed by atoms with Gasteiger partial charge in [-0.3, -0.25) is 4.57 Å². The minimum atomic E-state index is -3.14. The molecule has 1 saturated heterocycles. The number of imidazole rings is 1. The van der Waals surface area contributed by atoms with Crippen LogP contribution in [0.25, 0.3) is 11.2 Å². The summed E-state index contributed by atoms with van der Waals surface area (Å²) >= 11 is 0. The second-order valence-corrected chi connectivity index (χ2v) is 8.02. The monoisotopic (exact) mass is 368 g/mol. The molecule has 136 valence electrons. The summed E-state index contributed by atoms with van der Waals surface area (Å²) in [5.74, 6) is 0.481. The fraction of sp³-hybridized carbons (Fsp3) is 0.667. The van der Waals surface area contributed by atoms with Crippen molar-refractivity contribution in [2.75, 3.05) is 19.6 Å². The molecule has 1 saturated carbocycles. The van der Waals surface area contributed by atoms with Crippen molar-refractivity contribution in [1.29, 1.82) is 0 Å². The lowest BCUT2D eigenvalue weighted by Gasteiger charge is -2.31. The van der Waals surface area contributed by atoms with E-state index in [2.05, 4.69) is 15.0 Å². The van der Waals surface area contributed by atoms with Gasteiger partial charge in [0.05, 0.1) is 31.7 Å². The molecule has 0 N–H and O–H groups in total. The summed E-state index contributed by atoms with van der Waals surface area (Å²) < 4.78 is 36.8. The molecule has 10 heteroatoms. The Hall–Kier alpha value is -1.54. The minimum absolute atomic E-state index is 0.00998. The Bertz CT molecular complexity index is 812. The molecule has 9 nitrogen and oxygen atoms in total. The maximum absolute atomic E-state index is 12.5. The third-order valence-corrected chi connectivity index (χ3v) is 6.20. The Morgan fingerprint density at radius 1 is 1.24 bits per heavy atom. The number of fused-ring (bicyclic) bond motifs is 2. The first-order valence-electron chi connectivity index (χ1n) is 8.47. The normalized spacial score (nSPS) is 32.0. The van der Waals surface area contributed by atoms with Gasteiger partial charge in [0.2, 0.25) is 5.88 Å². The molecule has 0 bridgehead atoms. The van der Waals surface area contributed by atoms with Crippen LogP contribution in [0, 0.1) is 0 Å². The molecule has 0 amide bonds. The number of aromatic nitrogens is 4. The molecule has 0 radical (unpaired) electrons. The van der Waals surface area contributed by atoms with E-state index in [-0.39, 0.29) is 24.6 Å². The first-order valence-corrected chi connectivity index (χ1v) is 10.2. The van der Waals surface area contributed by atoms with Crippen LogP contribution in [-0.4, -0.2) is 51.3 Å². The lowest BCUT2D eigenvalue weighted by molar-refractivity contribution is -0.0371. The first-order chi connectivity index (χ1) is 12.1. The largest absolute Gasteiger partial charge is 0.476 e. The van der Waals surface area contributed by atoms with Crippen molar-refractivity contribution in [1.82, 2.24) is 19.5 Å². The third-order valence-electron chi connectivity index (χ3n) is 4.49. The average Bonchev–Trinajstić information content (AvgIpc) is 3.18. The summed E-state index contributed by atoms with van der Waals surface area (Å²) in [4.78, 5) is 12.9. The second-order valence-electron chi connectivity index (χ2n) is 6.07. The Labute approximate surface area is 145 Å². The van der Waals surface area contributed by atoms with Gasteiger partial charge in [0, 0.05) is 6.04 Å². The van der Waals surface area contributed by atoms with Gasteiger partial charge in [-0.1, -0.05) is 0 Å². The molecule has 1 aliphatic carbocycles. The van der Waals surface area contributed by atoms with Crippen LogP contribution >= 0.6 is 7.60 Å². The van der Waals surface area contributed by atoms with Gasteiger partial charge in [-0.15, -0.1) is 0 Å². The SMILES string of the molecule is CCOc1ncnc2c1ncn2[C@@H]1C[C@@H]2OCP(=O)(OCC)O[C@H]2C1. The van der Waals surface area contributed by atoms with Crippen LogP contribution in [0.3, 0.4) is 0 Å². The van der Waals surface area contributed by atoms with E-state index in [4.69, 9.17) is 18.5 Å². The highest BCUT2D eigenvalue weighted by atomic mass is 31.2. The van der Waals surface area contributed by atoms with Gasteiger partial charge >= 0.3 is 7.60 Å². The van der Waals surface area contributed by atoms with E-state index in [1.807, 2.05) is 11.5 Å². The molecule has 1 unspecified atom stereocenters. The molecule has 0 spiro atoms. The van der Waals surface area contributed by atoms with Crippen LogP contribution in [0.4, 0.5) is 0 Å². The third kappa shape index (κ3) is 3.06. The topological polar surface area (TPSA) is 97.6 Å². The Morgan fingerprint density at radius 3 is 2.88 bits per heavy atom. The predicted octanol–water partition coefficient (Wildman–Crippen LogP) is 2.53. The van der Waals surface area contributed by atoms with Gasteiger partial charge in [-0.2, -0.15) is 4.98 Å². The van der Waals surface area contributed by atoms with E-state index < -0.39 is 7.60 Å². The first kappa shape index (κ1) is 16.9. The minimum Gasteiger partial charge on any atom is -0.476 e. The number of ether oxygens (including phenoxy) is 2. The molecule has 4 rings (SSSR count). The van der Waals surface area contributed by atoms with E-state index in [0.717, 1.165) is 12.1 Å². The number of hydrogen-bond acceptors (Lipinski definition) is 8. The zero-order chi connectivity index (χ0) is 17.4. The summed E-state index contributed by atoms with van der Waals surface area (Å²) in [7, 11) is -3.14. The quantitative estimate of drug-likeness (QED) is 0.743. The second kappa shape index (κ2) is 6.64. The summed E-state index contributed by atoms with van der Waals surface area (Å²) in [6.07, 6.45) is 4.29. The van der Waals surface area contributed by atoms with Crippen LogP contribution in [0.2, 0.25) is 0 Å². The summed E-state index contributed by atoms with van der Waals surface area (Å²) in [5.41, 5.74) is 1.36. The number of rotatable bonds is 5. The van der Waals surface area contributed by atoms with Gasteiger partial charge in [-0.25, -0.2) is 9.97 Å². The van der Waals surface area contributed by atoms with Crippen molar-refractivity contribution in [2.45, 2.75) is 44.9 Å². The molecule has 2 fully saturated rings. The van der Waals surface area contributed by atoms with E-state index in [0.29, 0.717) is 31.0 Å². The molecule has 2 aromatic heterocycles. The van der Waals surface area contributed by atoms with Crippen molar-refractivity contribution in [3.63, 3.8) is 0 Å². The Morgan fingerprint density at radius 2 is 2.08 bits per heavy atom. The standard InChI is InChI=1S/C15H21N4O5P/c1-3-21-15-13-14(16-7-17-15)19(8-18-13)10-5-11-12(6-10)24-25(20,9-22-11)23-4-2/h7-8,10-12H,3-6,9H2,1-2H3/t10-,11+,12+,25?/m1/s1. The lowest BCUT2D eigenvalue weighted by atomic mass is 10.2. The van der Waals surface area contributed by atoms with Crippen LogP contribution in [0.15, 0.2) is 12.7 Å². The van der Waals surface area contributed by atoms with Crippen molar-refractivity contribution in [2.24, 2.45) is 0 Å². The van der Waals surface area contributed by atoms with E-state index in [9.17, 15) is 4.57 Å². The molecule has 2 aromatic rings. The molecular formula is C15H21N4O5P. The summed E-state index contributed by atoms with van der Waals surface area (Å²) in [6.45, 7) is 4.55. The summed E-state index contributed by atoms with van der Waals surface area (Å²) in [6, 6.07) is 0.0950. The van der Waals surface area contributed by atoms with Gasteiger partial charge in [0.25, 0.3) is 0 Å². The highest BCUT2D eigenvalue weighted by Gasteiger charge is 2.46. The van der Waals surface area contributed by atoms with E-state index >= 15 is 0 Å². The Kier molecular flexibility index (Phi) is 4.49. The van der Waals surface area contributed by atoms with Crippen LogP contribution in [0.1, 0.15) is 32.7 Å². The highest BCUT2D eigenvalue weighted by molar-refractivity contribution is 7.53. The molecule has 1 aliphatic heterocycles. The smallest absolute Gasteiger partial charge is 0.356 e. The van der Waals surface area contributed by atoms with Crippen LogP contribution < -0.4 is 4.74 Å². The fourth-order valence-corrected chi connectivity index (χ4v) is 5.08. The van der Waals surface area contributed by atoms with E-state index in [1.165, 1.54) is 6.33 Å². The van der Waals surface area contributed by atoms with Gasteiger partial charge in [0.15, 0.2) is 11.2 Å². The van der Waals surface area contributed by atoms with Crippen molar-refractivity contribution >= 4 is 18.8 Å².